The number of carbonyl (C=O) groups is 2. The molecule has 0 aliphatic carbocycles. The van der Waals surface area contributed by atoms with Gasteiger partial charge in [0, 0.05) is 5.92 Å². The third kappa shape index (κ3) is 4.07. The van der Waals surface area contributed by atoms with E-state index >= 15 is 0 Å². The van der Waals surface area contributed by atoms with Gasteiger partial charge in [0.1, 0.15) is 11.9 Å². The summed E-state index contributed by atoms with van der Waals surface area (Å²) < 4.78 is 13.4. The lowest BCUT2D eigenvalue weighted by Gasteiger charge is -2.15. The summed E-state index contributed by atoms with van der Waals surface area (Å²) in [5.74, 6) is -3.32. The third-order valence-corrected chi connectivity index (χ3v) is 2.53. The van der Waals surface area contributed by atoms with E-state index in [9.17, 15) is 14.0 Å². The number of aliphatic carboxylic acids is 1. The highest BCUT2D eigenvalue weighted by Crippen LogP contribution is 2.09. The molecule has 0 bridgehead atoms. The predicted molar refractivity (Wildman–Crippen MR) is 64.7 cm³/mol. The van der Waals surface area contributed by atoms with Gasteiger partial charge in [-0.05, 0) is 25.5 Å². The van der Waals surface area contributed by atoms with E-state index in [1.807, 2.05) is 6.07 Å². The van der Waals surface area contributed by atoms with E-state index in [2.05, 4.69) is 5.32 Å². The number of hydrogen-bond acceptors (Lipinski definition) is 3. The summed E-state index contributed by atoms with van der Waals surface area (Å²) in [5.41, 5.74) is -0.224. The lowest BCUT2D eigenvalue weighted by atomic mass is 10.0. The van der Waals surface area contributed by atoms with Crippen molar-refractivity contribution >= 4 is 11.9 Å². The van der Waals surface area contributed by atoms with Gasteiger partial charge in [0.2, 0.25) is 0 Å². The van der Waals surface area contributed by atoms with Crippen LogP contribution >= 0.6 is 0 Å². The Bertz CT molecular complexity index is 525. The van der Waals surface area contributed by atoms with Gasteiger partial charge < -0.3 is 10.4 Å². The maximum atomic E-state index is 13.4. The summed E-state index contributed by atoms with van der Waals surface area (Å²) in [7, 11) is 0. The first-order valence-corrected chi connectivity index (χ1v) is 5.63. The number of hydrogen-bond donors (Lipinski definition) is 2. The maximum Gasteiger partial charge on any atom is 0.326 e. The number of rotatable bonds is 5. The molecule has 2 atom stereocenters. The van der Waals surface area contributed by atoms with Gasteiger partial charge in [-0.15, -0.1) is 0 Å². The van der Waals surface area contributed by atoms with Crippen LogP contribution in [0.2, 0.25) is 0 Å². The van der Waals surface area contributed by atoms with Crippen LogP contribution in [-0.4, -0.2) is 23.0 Å². The van der Waals surface area contributed by atoms with Gasteiger partial charge >= 0.3 is 5.97 Å². The van der Waals surface area contributed by atoms with E-state index in [0.717, 1.165) is 6.07 Å². The van der Waals surface area contributed by atoms with Gasteiger partial charge in [0.25, 0.3) is 5.91 Å². The molecular weight excluding hydrogens is 251 g/mol. The quantitative estimate of drug-likeness (QED) is 0.844. The number of carbonyl (C=O) groups excluding carboxylic acids is 1. The van der Waals surface area contributed by atoms with Crippen LogP contribution in [-0.2, 0) is 4.79 Å². The van der Waals surface area contributed by atoms with Crippen molar-refractivity contribution in [3.8, 4) is 6.07 Å². The van der Waals surface area contributed by atoms with Crippen molar-refractivity contribution in [2.45, 2.75) is 19.4 Å². The molecule has 0 aromatic heterocycles. The van der Waals surface area contributed by atoms with E-state index in [0.29, 0.717) is 0 Å². The number of nitriles is 1. The summed E-state index contributed by atoms with van der Waals surface area (Å²) >= 11 is 0. The number of amides is 1. The Morgan fingerprint density at radius 2 is 2.11 bits per heavy atom. The average molecular weight is 264 g/mol. The zero-order valence-corrected chi connectivity index (χ0v) is 10.3. The van der Waals surface area contributed by atoms with Crippen molar-refractivity contribution in [1.82, 2.24) is 5.32 Å². The summed E-state index contributed by atoms with van der Waals surface area (Å²) in [4.78, 5) is 22.7. The van der Waals surface area contributed by atoms with Crippen LogP contribution in [0.5, 0.6) is 0 Å². The largest absolute Gasteiger partial charge is 0.480 e. The second-order valence-corrected chi connectivity index (χ2v) is 4.11. The molecule has 0 aliphatic heterocycles. The minimum Gasteiger partial charge on any atom is -0.480 e. The lowest BCUT2D eigenvalue weighted by Crippen LogP contribution is -2.42. The molecule has 0 saturated carbocycles. The molecule has 0 heterocycles. The van der Waals surface area contributed by atoms with E-state index in [1.54, 1.807) is 6.92 Å². The van der Waals surface area contributed by atoms with Gasteiger partial charge in [0.15, 0.2) is 0 Å². The molecule has 1 rings (SSSR count). The maximum absolute atomic E-state index is 13.4. The molecule has 1 amide bonds. The zero-order chi connectivity index (χ0) is 14.4. The van der Waals surface area contributed by atoms with Crippen molar-refractivity contribution in [2.75, 3.05) is 0 Å². The van der Waals surface area contributed by atoms with Crippen LogP contribution in [0.1, 0.15) is 23.7 Å². The summed E-state index contributed by atoms with van der Waals surface area (Å²) in [6.07, 6.45) is -0.0357. The highest BCUT2D eigenvalue weighted by atomic mass is 19.1. The fourth-order valence-electron chi connectivity index (χ4n) is 1.51. The fraction of sp³-hybridized carbons (Fsp3) is 0.308. The molecule has 19 heavy (non-hydrogen) atoms. The number of carboxylic acids is 1. The average Bonchev–Trinajstić information content (AvgIpc) is 2.37. The number of nitrogens with zero attached hydrogens (tertiary/aromatic N) is 1. The smallest absolute Gasteiger partial charge is 0.326 e. The number of nitrogens with one attached hydrogen (secondary N) is 1. The first-order valence-electron chi connectivity index (χ1n) is 5.63. The molecule has 1 aromatic carbocycles. The van der Waals surface area contributed by atoms with Crippen LogP contribution in [0.4, 0.5) is 4.39 Å². The van der Waals surface area contributed by atoms with E-state index < -0.39 is 29.7 Å². The van der Waals surface area contributed by atoms with Crippen LogP contribution in [0.25, 0.3) is 0 Å². The molecule has 0 unspecified atom stereocenters. The minimum absolute atomic E-state index is 0.0357. The van der Waals surface area contributed by atoms with Gasteiger partial charge in [-0.25, -0.2) is 9.18 Å². The standard InChI is InChI=1S/C13H13FN2O3/c1-8(7-15)6-11(13(18)19)16-12(17)9-4-2-3-5-10(9)14/h2-5,8,11H,6H2,1H3,(H,16,17)(H,18,19)/t8-,11-/m0/s1. The Balaban J connectivity index is 2.81. The van der Waals surface area contributed by atoms with Gasteiger partial charge in [-0.1, -0.05) is 12.1 Å². The first-order chi connectivity index (χ1) is 8.95. The topological polar surface area (TPSA) is 90.2 Å². The SMILES string of the molecule is C[C@H](C#N)C[C@H](NC(=O)c1ccccc1F)C(=O)O. The first kappa shape index (κ1) is 14.6. The van der Waals surface area contributed by atoms with Crippen molar-refractivity contribution in [3.05, 3.63) is 35.6 Å². The van der Waals surface area contributed by atoms with Crippen molar-refractivity contribution in [1.29, 1.82) is 5.26 Å². The molecular formula is C13H13FN2O3. The zero-order valence-electron chi connectivity index (χ0n) is 10.3. The van der Waals surface area contributed by atoms with Gasteiger partial charge in [-0.3, -0.25) is 4.79 Å². The Labute approximate surface area is 109 Å². The Morgan fingerprint density at radius 3 is 2.63 bits per heavy atom. The van der Waals surface area contributed by atoms with Crippen LogP contribution in [0.15, 0.2) is 24.3 Å². The molecule has 100 valence electrons. The van der Waals surface area contributed by atoms with Crippen molar-refractivity contribution in [2.24, 2.45) is 5.92 Å². The molecule has 2 N–H and O–H groups in total. The van der Waals surface area contributed by atoms with Gasteiger partial charge in [-0.2, -0.15) is 5.26 Å². The van der Waals surface area contributed by atoms with E-state index in [4.69, 9.17) is 10.4 Å². The molecule has 1 aromatic rings. The highest BCUT2D eigenvalue weighted by molar-refractivity contribution is 5.96. The minimum atomic E-state index is -1.26. The Hall–Kier alpha value is -2.42. The Kier molecular flexibility index (Phi) is 5.01. The number of halogens is 1. The second kappa shape index (κ2) is 6.50. The molecule has 5 nitrogen and oxygen atoms in total. The molecule has 0 radical (unpaired) electrons. The highest BCUT2D eigenvalue weighted by Gasteiger charge is 2.24. The monoisotopic (exact) mass is 264 g/mol. The van der Waals surface area contributed by atoms with E-state index in [-0.39, 0.29) is 12.0 Å². The normalized spacial score (nSPS) is 13.1. The molecule has 0 fully saturated rings. The van der Waals surface area contributed by atoms with Crippen molar-refractivity contribution in [3.63, 3.8) is 0 Å². The summed E-state index contributed by atoms with van der Waals surface area (Å²) in [5, 5.41) is 19.8. The van der Waals surface area contributed by atoms with E-state index in [1.165, 1.54) is 18.2 Å². The van der Waals surface area contributed by atoms with Crippen LogP contribution in [0.3, 0.4) is 0 Å². The second-order valence-electron chi connectivity index (χ2n) is 4.11. The lowest BCUT2D eigenvalue weighted by molar-refractivity contribution is -0.139. The third-order valence-electron chi connectivity index (χ3n) is 2.53. The van der Waals surface area contributed by atoms with Gasteiger partial charge in [0.05, 0.1) is 11.6 Å². The summed E-state index contributed by atoms with van der Waals surface area (Å²) in [6, 6.07) is 5.95. The number of carboxylic acid groups (broad SMARTS) is 1. The predicted octanol–water partition coefficient (Wildman–Crippen LogP) is 1.56. The Morgan fingerprint density at radius 1 is 1.47 bits per heavy atom. The fourth-order valence-corrected chi connectivity index (χ4v) is 1.51. The van der Waals surface area contributed by atoms with Crippen LogP contribution < -0.4 is 5.32 Å². The molecule has 0 aliphatic rings. The molecule has 6 heteroatoms. The summed E-state index contributed by atoms with van der Waals surface area (Å²) in [6.45, 7) is 1.55. The molecule has 0 saturated heterocycles. The van der Waals surface area contributed by atoms with Crippen LogP contribution in [0, 0.1) is 23.1 Å². The van der Waals surface area contributed by atoms with Crippen molar-refractivity contribution < 1.29 is 19.1 Å². The molecule has 0 spiro atoms. The number of benzene rings is 1.